The average Bonchev–Trinajstić information content (AvgIpc) is 3.30. The molecule has 0 spiro atoms. The number of benzene rings is 2. The van der Waals surface area contributed by atoms with Crippen LogP contribution < -0.4 is 10.6 Å². The van der Waals surface area contributed by atoms with E-state index in [1.807, 2.05) is 0 Å². The zero-order valence-electron chi connectivity index (χ0n) is 20.1. The van der Waals surface area contributed by atoms with Crippen molar-refractivity contribution in [2.75, 3.05) is 10.6 Å². The van der Waals surface area contributed by atoms with E-state index in [-0.39, 0.29) is 18.2 Å². The lowest BCUT2D eigenvalue weighted by Crippen LogP contribution is -2.10. The molecule has 0 saturated heterocycles. The summed E-state index contributed by atoms with van der Waals surface area (Å²) in [5, 5.41) is 26.8. The maximum absolute atomic E-state index is 11.3. The lowest BCUT2D eigenvalue weighted by Gasteiger charge is -2.22. The van der Waals surface area contributed by atoms with E-state index < -0.39 is 10.9 Å². The molecule has 2 heterocycles. The van der Waals surface area contributed by atoms with E-state index in [9.17, 15) is 20.0 Å². The van der Waals surface area contributed by atoms with E-state index in [1.165, 1.54) is 60.7 Å². The Hall–Kier alpha value is -4.54. The van der Waals surface area contributed by atoms with Crippen LogP contribution in [0.3, 0.4) is 0 Å². The number of carboxylic acids is 1. The van der Waals surface area contributed by atoms with Gasteiger partial charge in [0.25, 0.3) is 5.69 Å². The van der Waals surface area contributed by atoms with Crippen molar-refractivity contribution in [2.24, 2.45) is 0 Å². The summed E-state index contributed by atoms with van der Waals surface area (Å²) in [5.74, 6) is 0.200. The molecular formula is C26H27N7O4. The fourth-order valence-corrected chi connectivity index (χ4v) is 4.73. The molecule has 1 aliphatic rings. The highest BCUT2D eigenvalue weighted by Crippen LogP contribution is 2.32. The van der Waals surface area contributed by atoms with Crippen molar-refractivity contribution >= 4 is 40.3 Å². The molecule has 11 nitrogen and oxygen atoms in total. The number of hydrogen-bond acceptors (Lipinski definition) is 8. The summed E-state index contributed by atoms with van der Waals surface area (Å²) in [4.78, 5) is 35.4. The van der Waals surface area contributed by atoms with Gasteiger partial charge in [-0.3, -0.25) is 14.9 Å². The zero-order valence-corrected chi connectivity index (χ0v) is 20.1. The summed E-state index contributed by atoms with van der Waals surface area (Å²) in [6.07, 6.45) is 7.79. The van der Waals surface area contributed by atoms with Crippen LogP contribution in [-0.4, -0.2) is 35.5 Å². The predicted molar refractivity (Wildman–Crippen MR) is 139 cm³/mol. The zero-order chi connectivity index (χ0) is 25.8. The molecule has 3 N–H and O–H groups in total. The van der Waals surface area contributed by atoms with Crippen molar-refractivity contribution in [3.8, 4) is 0 Å². The molecular weight excluding hydrogens is 474 g/mol. The van der Waals surface area contributed by atoms with Gasteiger partial charge in [-0.05, 0) is 36.0 Å². The lowest BCUT2D eigenvalue weighted by atomic mass is 9.84. The average molecular weight is 502 g/mol. The summed E-state index contributed by atoms with van der Waals surface area (Å²) in [5.41, 5.74) is 3.52. The Morgan fingerprint density at radius 2 is 1.89 bits per heavy atom. The fourth-order valence-electron chi connectivity index (χ4n) is 4.73. The number of anilines is 3. The maximum Gasteiger partial charge on any atom is 0.323 e. The molecule has 1 saturated carbocycles. The molecule has 2 aromatic heterocycles. The van der Waals surface area contributed by atoms with Gasteiger partial charge in [-0.1, -0.05) is 49.6 Å². The number of fused-ring (bicyclic) bond motifs is 1. The van der Waals surface area contributed by atoms with E-state index in [1.54, 1.807) is 12.1 Å². The first-order chi connectivity index (χ1) is 18.0. The Kier molecular flexibility index (Phi) is 6.93. The number of aliphatic carboxylic acids is 1. The van der Waals surface area contributed by atoms with Crippen LogP contribution >= 0.6 is 0 Å². The van der Waals surface area contributed by atoms with Crippen LogP contribution in [0.25, 0.3) is 11.2 Å². The van der Waals surface area contributed by atoms with Crippen LogP contribution in [0, 0.1) is 10.1 Å². The van der Waals surface area contributed by atoms with Gasteiger partial charge >= 0.3 is 5.97 Å². The van der Waals surface area contributed by atoms with Crippen molar-refractivity contribution < 1.29 is 14.8 Å². The van der Waals surface area contributed by atoms with Crippen molar-refractivity contribution in [3.63, 3.8) is 0 Å². The lowest BCUT2D eigenvalue weighted by molar-refractivity contribution is -0.384. The third-order valence-corrected chi connectivity index (χ3v) is 6.60. The number of nitrogens with one attached hydrogen (secondary N) is 2. The number of nitro groups is 1. The van der Waals surface area contributed by atoms with Crippen LogP contribution in [0.1, 0.15) is 49.1 Å². The topological polar surface area (TPSA) is 148 Å². The molecule has 0 amide bonds. The standard InChI is InChI=1S/C26H27N7O4/c34-22(35)15-32-16-28-23-24(29-20-7-4-8-21(13-20)33(36)37)30-26(31-25(23)32)27-14-17-9-11-19(12-10-17)18-5-2-1-3-6-18/h4,7-13,16,18H,1-3,5-6,14-15H2,(H,34,35)(H2,27,29,30,31). The summed E-state index contributed by atoms with van der Waals surface area (Å²) in [6.45, 7) is 0.158. The van der Waals surface area contributed by atoms with Crippen LogP contribution in [0.4, 0.5) is 23.1 Å². The highest BCUT2D eigenvalue weighted by atomic mass is 16.6. The summed E-state index contributed by atoms with van der Waals surface area (Å²) < 4.78 is 1.42. The number of carbonyl (C=O) groups is 1. The Morgan fingerprint density at radius 3 is 2.62 bits per heavy atom. The highest BCUT2D eigenvalue weighted by Gasteiger charge is 2.17. The van der Waals surface area contributed by atoms with E-state index in [4.69, 9.17) is 0 Å². The highest BCUT2D eigenvalue weighted by molar-refractivity contribution is 5.87. The first-order valence-electron chi connectivity index (χ1n) is 12.2. The maximum atomic E-state index is 11.3. The molecule has 0 unspecified atom stereocenters. The number of hydrogen-bond donors (Lipinski definition) is 3. The second kappa shape index (κ2) is 10.6. The number of aromatic nitrogens is 4. The Bertz CT molecular complexity index is 1430. The van der Waals surface area contributed by atoms with Crippen molar-refractivity contribution in [1.29, 1.82) is 0 Å². The van der Waals surface area contributed by atoms with Crippen LogP contribution in [0.2, 0.25) is 0 Å². The quantitative estimate of drug-likeness (QED) is 0.207. The Morgan fingerprint density at radius 1 is 1.11 bits per heavy atom. The third-order valence-electron chi connectivity index (χ3n) is 6.60. The molecule has 0 bridgehead atoms. The van der Waals surface area contributed by atoms with Crippen molar-refractivity contribution in [1.82, 2.24) is 19.5 Å². The molecule has 1 aliphatic carbocycles. The normalized spacial score (nSPS) is 13.9. The molecule has 5 rings (SSSR count). The summed E-state index contributed by atoms with van der Waals surface area (Å²) in [6, 6.07) is 14.6. The molecule has 190 valence electrons. The first kappa shape index (κ1) is 24.2. The first-order valence-corrected chi connectivity index (χ1v) is 12.2. The van der Waals surface area contributed by atoms with Gasteiger partial charge in [0.2, 0.25) is 5.95 Å². The molecule has 37 heavy (non-hydrogen) atoms. The molecule has 2 aromatic carbocycles. The van der Waals surface area contributed by atoms with Gasteiger partial charge in [0, 0.05) is 24.4 Å². The fraction of sp³-hybridized carbons (Fsp3) is 0.308. The van der Waals surface area contributed by atoms with Gasteiger partial charge in [-0.15, -0.1) is 0 Å². The number of non-ortho nitro benzene ring substituents is 1. The van der Waals surface area contributed by atoms with E-state index >= 15 is 0 Å². The molecule has 4 aromatic rings. The number of nitro benzene ring substituents is 1. The van der Waals surface area contributed by atoms with E-state index in [2.05, 4.69) is 49.9 Å². The van der Waals surface area contributed by atoms with Gasteiger partial charge in [-0.2, -0.15) is 9.97 Å². The summed E-state index contributed by atoms with van der Waals surface area (Å²) >= 11 is 0. The van der Waals surface area contributed by atoms with Gasteiger partial charge in [0.1, 0.15) is 6.54 Å². The molecule has 11 heteroatoms. The van der Waals surface area contributed by atoms with E-state index in [0.29, 0.717) is 35.1 Å². The Balaban J connectivity index is 1.40. The minimum Gasteiger partial charge on any atom is -0.480 e. The molecule has 0 radical (unpaired) electrons. The monoisotopic (exact) mass is 501 g/mol. The van der Waals surface area contributed by atoms with Gasteiger partial charge < -0.3 is 20.3 Å². The van der Waals surface area contributed by atoms with Crippen LogP contribution in [-0.2, 0) is 17.9 Å². The third kappa shape index (κ3) is 5.66. The summed E-state index contributed by atoms with van der Waals surface area (Å²) in [7, 11) is 0. The number of rotatable bonds is 9. The van der Waals surface area contributed by atoms with Gasteiger partial charge in [0.05, 0.1) is 11.3 Å². The van der Waals surface area contributed by atoms with E-state index in [0.717, 1.165) is 5.56 Å². The van der Waals surface area contributed by atoms with Gasteiger partial charge in [-0.25, -0.2) is 4.98 Å². The number of nitrogens with zero attached hydrogens (tertiary/aromatic N) is 5. The second-order valence-corrected chi connectivity index (χ2v) is 9.20. The molecule has 1 fully saturated rings. The minimum absolute atomic E-state index is 0.0678. The second-order valence-electron chi connectivity index (χ2n) is 9.20. The smallest absolute Gasteiger partial charge is 0.323 e. The van der Waals surface area contributed by atoms with Crippen molar-refractivity contribution in [2.45, 2.75) is 51.1 Å². The molecule has 0 atom stereocenters. The molecule has 0 aliphatic heterocycles. The largest absolute Gasteiger partial charge is 0.480 e. The Labute approximate surface area is 212 Å². The number of carboxylic acid groups (broad SMARTS) is 1. The van der Waals surface area contributed by atoms with Gasteiger partial charge in [0.15, 0.2) is 17.0 Å². The van der Waals surface area contributed by atoms with Crippen LogP contribution in [0.15, 0.2) is 54.9 Å². The SMILES string of the molecule is O=C(O)Cn1cnc2c(Nc3cccc([N+](=O)[O-])c3)nc(NCc3ccc(C4CCCCC4)cc3)nc21. The number of imidazole rings is 1. The predicted octanol–water partition coefficient (Wildman–Crippen LogP) is 5.22. The minimum atomic E-state index is -1.03. The van der Waals surface area contributed by atoms with Crippen LogP contribution in [0.5, 0.6) is 0 Å². The van der Waals surface area contributed by atoms with Crippen molar-refractivity contribution in [3.05, 3.63) is 76.1 Å².